The van der Waals surface area contributed by atoms with E-state index < -0.39 is 7.23 Å². The summed E-state index contributed by atoms with van der Waals surface area (Å²) in [7, 11) is 1.41. The Morgan fingerprint density at radius 1 is 1.42 bits per heavy atom. The molecule has 1 atom stereocenters. The van der Waals surface area contributed by atoms with Crippen LogP contribution in [0, 0.1) is 5.92 Å². The Balaban J connectivity index is 3.54. The first-order chi connectivity index (χ1) is 5.70. The van der Waals surface area contributed by atoms with Crippen LogP contribution in [-0.4, -0.2) is 37.8 Å². The van der Waals surface area contributed by atoms with Crippen molar-refractivity contribution in [2.24, 2.45) is 5.92 Å². The van der Waals surface area contributed by atoms with E-state index in [2.05, 4.69) is 10.6 Å². The van der Waals surface area contributed by atoms with E-state index >= 15 is 0 Å². The van der Waals surface area contributed by atoms with E-state index in [1.165, 1.54) is 0 Å². The van der Waals surface area contributed by atoms with Crippen LogP contribution in [0.2, 0.25) is 0 Å². The first-order valence-corrected chi connectivity index (χ1v) is 6.92. The lowest BCUT2D eigenvalue weighted by atomic mass is 10.2. The minimum absolute atomic E-state index is 0.422. The predicted molar refractivity (Wildman–Crippen MR) is 55.0 cm³/mol. The van der Waals surface area contributed by atoms with Crippen molar-refractivity contribution in [1.29, 1.82) is 0 Å². The maximum absolute atomic E-state index is 10.4. The molecule has 4 nitrogen and oxygen atoms in total. The third kappa shape index (κ3) is 7.13. The molecule has 0 aromatic carbocycles. The van der Waals surface area contributed by atoms with Crippen molar-refractivity contribution in [2.45, 2.75) is 0 Å². The molecule has 12 heavy (non-hydrogen) atoms. The molecule has 0 aromatic rings. The smallest absolute Gasteiger partial charge is 0.243 e. The van der Waals surface area contributed by atoms with Crippen LogP contribution in [0.3, 0.4) is 0 Å². The molecule has 0 aliphatic carbocycles. The summed E-state index contributed by atoms with van der Waals surface area (Å²) >= 11 is 1.14. The average molecular weight is 212 g/mol. The number of nitrogens with one attached hydrogen (secondary N) is 2. The van der Waals surface area contributed by atoms with Gasteiger partial charge in [0.2, 0.25) is 7.23 Å². The lowest BCUT2D eigenvalue weighted by molar-refractivity contribution is 0.514. The first kappa shape index (κ1) is 12.5. The zero-order valence-electron chi connectivity index (χ0n) is 7.46. The third-order valence-electron chi connectivity index (χ3n) is 1.43. The second kappa shape index (κ2) is 8.08. The van der Waals surface area contributed by atoms with Gasteiger partial charge in [0.25, 0.3) is 0 Å². The highest BCUT2D eigenvalue weighted by Gasteiger charge is 2.07. The minimum Gasteiger partial charge on any atom is -0.339 e. The molecule has 1 unspecified atom stereocenters. The standard InChI is InChI=1S/C6H17N2O2PS/c1-7-3-6(4-8-2)5-12-11(9)10/h6-8,11H,3-5H2,1-2H3,(H,9,10). The zero-order chi connectivity index (χ0) is 9.40. The van der Waals surface area contributed by atoms with Gasteiger partial charge < -0.3 is 15.5 Å². The normalized spacial score (nSPS) is 13.7. The summed E-state index contributed by atoms with van der Waals surface area (Å²) in [6.07, 6.45) is 0. The van der Waals surface area contributed by atoms with Crippen LogP contribution in [0.5, 0.6) is 0 Å². The van der Waals surface area contributed by atoms with Crippen LogP contribution in [0.1, 0.15) is 0 Å². The molecule has 0 saturated carbocycles. The molecule has 3 N–H and O–H groups in total. The second-order valence-electron chi connectivity index (χ2n) is 2.56. The Hall–Kier alpha value is 0.460. The Morgan fingerprint density at radius 2 is 1.92 bits per heavy atom. The molecular weight excluding hydrogens is 195 g/mol. The summed E-state index contributed by atoms with van der Waals surface area (Å²) in [6.45, 7) is 1.76. The van der Waals surface area contributed by atoms with E-state index in [0.717, 1.165) is 30.2 Å². The van der Waals surface area contributed by atoms with Crippen LogP contribution in [0.4, 0.5) is 0 Å². The van der Waals surface area contributed by atoms with Crippen LogP contribution >= 0.6 is 18.6 Å². The second-order valence-corrected chi connectivity index (χ2v) is 5.63. The molecule has 0 aromatic heterocycles. The quantitative estimate of drug-likeness (QED) is 0.525. The number of hydrogen-bond acceptors (Lipinski definition) is 4. The van der Waals surface area contributed by atoms with Crippen molar-refractivity contribution in [3.63, 3.8) is 0 Å². The van der Waals surface area contributed by atoms with E-state index in [-0.39, 0.29) is 0 Å². The van der Waals surface area contributed by atoms with Crippen LogP contribution in [-0.2, 0) is 4.57 Å². The van der Waals surface area contributed by atoms with Gasteiger partial charge in [-0.3, -0.25) is 4.57 Å². The summed E-state index contributed by atoms with van der Waals surface area (Å²) in [5.41, 5.74) is 0. The molecule has 0 heterocycles. The summed E-state index contributed by atoms with van der Waals surface area (Å²) < 4.78 is 10.4. The first-order valence-electron chi connectivity index (χ1n) is 3.85. The third-order valence-corrected chi connectivity index (χ3v) is 3.55. The molecular formula is C6H17N2O2PS. The van der Waals surface area contributed by atoms with Crippen molar-refractivity contribution in [1.82, 2.24) is 10.6 Å². The number of rotatable bonds is 7. The van der Waals surface area contributed by atoms with E-state index in [0.29, 0.717) is 5.92 Å². The Morgan fingerprint density at radius 3 is 2.25 bits per heavy atom. The van der Waals surface area contributed by atoms with E-state index in [1.807, 2.05) is 14.1 Å². The molecule has 0 aliphatic heterocycles. The van der Waals surface area contributed by atoms with E-state index in [4.69, 9.17) is 4.89 Å². The summed E-state index contributed by atoms with van der Waals surface area (Å²) in [4.78, 5) is 8.61. The largest absolute Gasteiger partial charge is 0.339 e. The molecule has 0 rings (SSSR count). The SMILES string of the molecule is CNCC(CNC)CS[PH](=O)O. The van der Waals surface area contributed by atoms with Gasteiger partial charge in [-0.15, -0.1) is 0 Å². The van der Waals surface area contributed by atoms with Crippen molar-refractivity contribution < 1.29 is 9.46 Å². The van der Waals surface area contributed by atoms with Crippen LogP contribution in [0.25, 0.3) is 0 Å². The van der Waals surface area contributed by atoms with E-state index in [9.17, 15) is 4.57 Å². The zero-order valence-corrected chi connectivity index (χ0v) is 9.28. The van der Waals surface area contributed by atoms with Gasteiger partial charge in [0.05, 0.1) is 0 Å². The molecule has 6 heteroatoms. The fraction of sp³-hybridized carbons (Fsp3) is 1.00. The highest BCUT2D eigenvalue weighted by molar-refractivity contribution is 8.50. The van der Waals surface area contributed by atoms with Crippen molar-refractivity contribution in [2.75, 3.05) is 32.9 Å². The summed E-state index contributed by atoms with van der Waals surface area (Å²) in [6, 6.07) is 0. The molecule has 0 saturated heterocycles. The van der Waals surface area contributed by atoms with Crippen molar-refractivity contribution >= 4 is 18.6 Å². The van der Waals surface area contributed by atoms with Gasteiger partial charge in [-0.1, -0.05) is 11.4 Å². The van der Waals surface area contributed by atoms with Gasteiger partial charge >= 0.3 is 0 Å². The molecule has 0 bridgehead atoms. The highest BCUT2D eigenvalue weighted by Crippen LogP contribution is 2.33. The topological polar surface area (TPSA) is 61.4 Å². The Labute approximate surface area is 78.1 Å². The summed E-state index contributed by atoms with van der Waals surface area (Å²) in [5, 5.41) is 6.10. The highest BCUT2D eigenvalue weighted by atomic mass is 32.7. The van der Waals surface area contributed by atoms with Gasteiger partial charge in [-0.05, 0) is 33.1 Å². The predicted octanol–water partition coefficient (Wildman–Crippen LogP) is 0.157. The lowest BCUT2D eigenvalue weighted by Crippen LogP contribution is -2.29. The van der Waals surface area contributed by atoms with Crippen molar-refractivity contribution in [3.8, 4) is 0 Å². The molecule has 0 fully saturated rings. The Kier molecular flexibility index (Phi) is 8.39. The van der Waals surface area contributed by atoms with Gasteiger partial charge in [-0.25, -0.2) is 0 Å². The van der Waals surface area contributed by atoms with Crippen LogP contribution < -0.4 is 10.6 Å². The molecule has 0 radical (unpaired) electrons. The van der Waals surface area contributed by atoms with E-state index in [1.54, 1.807) is 0 Å². The minimum atomic E-state index is -2.35. The summed E-state index contributed by atoms with van der Waals surface area (Å²) in [5.74, 6) is 1.15. The van der Waals surface area contributed by atoms with Gasteiger partial charge in [-0.2, -0.15) is 0 Å². The van der Waals surface area contributed by atoms with Crippen molar-refractivity contribution in [3.05, 3.63) is 0 Å². The fourth-order valence-corrected chi connectivity index (χ4v) is 2.71. The Bertz CT molecular complexity index is 131. The fourth-order valence-electron chi connectivity index (χ4n) is 0.957. The lowest BCUT2D eigenvalue weighted by Gasteiger charge is -2.14. The van der Waals surface area contributed by atoms with Gasteiger partial charge in [0, 0.05) is 5.75 Å². The molecule has 0 amide bonds. The maximum Gasteiger partial charge on any atom is 0.243 e. The van der Waals surface area contributed by atoms with Gasteiger partial charge in [0.15, 0.2) is 0 Å². The molecule has 0 aliphatic rings. The average Bonchev–Trinajstić information content (AvgIpc) is 2.01. The number of hydrogen-bond donors (Lipinski definition) is 3. The molecule has 0 spiro atoms. The van der Waals surface area contributed by atoms with Gasteiger partial charge in [0.1, 0.15) is 0 Å². The van der Waals surface area contributed by atoms with Crippen LogP contribution in [0.15, 0.2) is 0 Å². The monoisotopic (exact) mass is 212 g/mol. The maximum atomic E-state index is 10.4. The molecule has 74 valence electrons.